The van der Waals surface area contributed by atoms with Gasteiger partial charge in [-0.15, -0.1) is 0 Å². The van der Waals surface area contributed by atoms with E-state index in [1.54, 1.807) is 24.3 Å². The van der Waals surface area contributed by atoms with Gasteiger partial charge in [-0.2, -0.15) is 0 Å². The van der Waals surface area contributed by atoms with Crippen molar-refractivity contribution >= 4 is 33.7 Å². The fraction of sp³-hybridized carbons (Fsp3) is 0.125. The Labute approximate surface area is 140 Å². The fourth-order valence-electron chi connectivity index (χ4n) is 1.90. The summed E-state index contributed by atoms with van der Waals surface area (Å²) < 4.78 is 19.1. The number of aryl methyl sites for hydroxylation is 1. The van der Waals surface area contributed by atoms with Gasteiger partial charge in [0.1, 0.15) is 6.61 Å². The van der Waals surface area contributed by atoms with Crippen LogP contribution < -0.4 is 5.32 Å². The molecule has 5 nitrogen and oxygen atoms in total. The van der Waals surface area contributed by atoms with Gasteiger partial charge in [0.2, 0.25) is 0 Å². The highest BCUT2D eigenvalue weighted by Gasteiger charge is 2.20. The van der Waals surface area contributed by atoms with Crippen molar-refractivity contribution in [3.63, 3.8) is 0 Å². The van der Waals surface area contributed by atoms with Crippen molar-refractivity contribution in [2.24, 2.45) is 0 Å². The summed E-state index contributed by atoms with van der Waals surface area (Å²) in [6, 6.07) is 10.2. The molecule has 1 amide bonds. The Morgan fingerprint density at radius 2 is 1.96 bits per heavy atom. The lowest BCUT2D eigenvalue weighted by atomic mass is 10.1. The normalized spacial score (nSPS) is 10.2. The molecule has 0 aliphatic heterocycles. The number of halogens is 2. The number of carboxylic acid groups (broad SMARTS) is 1. The maximum atomic E-state index is 14.1. The van der Waals surface area contributed by atoms with Crippen molar-refractivity contribution in [3.05, 3.63) is 63.4 Å². The van der Waals surface area contributed by atoms with E-state index in [0.717, 1.165) is 5.56 Å². The third-order valence-corrected chi connectivity index (χ3v) is 3.88. The van der Waals surface area contributed by atoms with Crippen molar-refractivity contribution in [1.29, 1.82) is 0 Å². The average Bonchev–Trinajstić information content (AvgIpc) is 2.53. The number of nitrogens with one attached hydrogen (secondary N) is 1. The molecule has 23 heavy (non-hydrogen) atoms. The van der Waals surface area contributed by atoms with E-state index < -0.39 is 17.9 Å². The predicted octanol–water partition coefficient (Wildman–Crippen LogP) is 4.34. The molecular formula is C16H13BrFNO4. The number of anilines is 1. The van der Waals surface area contributed by atoms with Crippen LogP contribution in [0.2, 0.25) is 0 Å². The Balaban J connectivity index is 2.16. The zero-order valence-corrected chi connectivity index (χ0v) is 13.7. The van der Waals surface area contributed by atoms with E-state index in [0.29, 0.717) is 0 Å². The lowest BCUT2D eigenvalue weighted by molar-refractivity contribution is 0.0695. The molecule has 0 bridgehead atoms. The van der Waals surface area contributed by atoms with Crippen molar-refractivity contribution in [2.45, 2.75) is 13.5 Å². The van der Waals surface area contributed by atoms with Gasteiger partial charge in [-0.25, -0.2) is 14.0 Å². The standard InChI is InChI=1S/C16H13BrFNO4/c1-9-7-11(15(20)21)12(17)14(13(9)18)19-16(22)23-8-10-5-3-2-4-6-10/h2-7H,8H2,1H3,(H,19,22)(H,20,21). The van der Waals surface area contributed by atoms with Crippen molar-refractivity contribution in [1.82, 2.24) is 0 Å². The van der Waals surface area contributed by atoms with Gasteiger partial charge in [-0.3, -0.25) is 5.32 Å². The average molecular weight is 382 g/mol. The summed E-state index contributed by atoms with van der Waals surface area (Å²) in [5, 5.41) is 11.3. The van der Waals surface area contributed by atoms with Gasteiger partial charge in [0.15, 0.2) is 5.82 Å². The molecule has 2 aromatic rings. The number of carboxylic acids is 1. The van der Waals surface area contributed by atoms with Crippen LogP contribution in [0, 0.1) is 12.7 Å². The predicted molar refractivity (Wildman–Crippen MR) is 86.0 cm³/mol. The van der Waals surface area contributed by atoms with E-state index in [9.17, 15) is 14.0 Å². The molecule has 120 valence electrons. The minimum absolute atomic E-state index is 0.0174. The Morgan fingerprint density at radius 3 is 2.57 bits per heavy atom. The number of carbonyl (C=O) groups is 2. The monoisotopic (exact) mass is 381 g/mol. The maximum absolute atomic E-state index is 14.1. The van der Waals surface area contributed by atoms with Gasteiger partial charge in [-0.05, 0) is 40.0 Å². The zero-order valence-electron chi connectivity index (χ0n) is 12.1. The Hall–Kier alpha value is -2.41. The highest BCUT2D eigenvalue weighted by Crippen LogP contribution is 2.32. The second-order valence-corrected chi connectivity index (χ2v) is 5.53. The molecule has 7 heteroatoms. The first-order valence-corrected chi connectivity index (χ1v) is 7.39. The fourth-order valence-corrected chi connectivity index (χ4v) is 2.46. The molecule has 2 aromatic carbocycles. The minimum atomic E-state index is -1.24. The second-order valence-electron chi connectivity index (χ2n) is 4.74. The number of hydrogen-bond donors (Lipinski definition) is 2. The molecule has 0 heterocycles. The van der Waals surface area contributed by atoms with Crippen LogP contribution in [0.5, 0.6) is 0 Å². The summed E-state index contributed by atoms with van der Waals surface area (Å²) in [5.41, 5.74) is 0.462. The number of benzene rings is 2. The first-order chi connectivity index (χ1) is 10.9. The smallest absolute Gasteiger partial charge is 0.412 e. The molecule has 2 rings (SSSR count). The zero-order chi connectivity index (χ0) is 17.0. The molecule has 0 aromatic heterocycles. The van der Waals surface area contributed by atoms with Gasteiger partial charge < -0.3 is 9.84 Å². The highest BCUT2D eigenvalue weighted by molar-refractivity contribution is 9.10. The number of amides is 1. The van der Waals surface area contributed by atoms with Gasteiger partial charge >= 0.3 is 12.1 Å². The van der Waals surface area contributed by atoms with E-state index in [-0.39, 0.29) is 27.9 Å². The summed E-state index contributed by atoms with van der Waals surface area (Å²) >= 11 is 3.00. The van der Waals surface area contributed by atoms with Crippen LogP contribution in [-0.4, -0.2) is 17.2 Å². The van der Waals surface area contributed by atoms with Gasteiger partial charge in [-0.1, -0.05) is 30.3 Å². The largest absolute Gasteiger partial charge is 0.478 e. The van der Waals surface area contributed by atoms with E-state index in [1.165, 1.54) is 13.0 Å². The first kappa shape index (κ1) is 17.0. The van der Waals surface area contributed by atoms with Crippen LogP contribution in [0.25, 0.3) is 0 Å². The highest BCUT2D eigenvalue weighted by atomic mass is 79.9. The van der Waals surface area contributed by atoms with Crippen molar-refractivity contribution in [3.8, 4) is 0 Å². The summed E-state index contributed by atoms with van der Waals surface area (Å²) in [4.78, 5) is 23.0. The van der Waals surface area contributed by atoms with Gasteiger partial charge in [0.05, 0.1) is 15.7 Å². The Kier molecular flexibility index (Phi) is 5.33. The number of rotatable bonds is 4. The van der Waals surface area contributed by atoms with Crippen LogP contribution in [0.3, 0.4) is 0 Å². The SMILES string of the molecule is Cc1cc(C(=O)O)c(Br)c(NC(=O)OCc2ccccc2)c1F. The summed E-state index contributed by atoms with van der Waals surface area (Å²) in [5.74, 6) is -1.96. The first-order valence-electron chi connectivity index (χ1n) is 6.59. The van der Waals surface area contributed by atoms with E-state index >= 15 is 0 Å². The molecule has 0 saturated carbocycles. The molecular weight excluding hydrogens is 369 g/mol. The molecule has 0 saturated heterocycles. The Morgan fingerprint density at radius 1 is 1.30 bits per heavy atom. The van der Waals surface area contributed by atoms with Crippen LogP contribution in [0.4, 0.5) is 14.9 Å². The van der Waals surface area contributed by atoms with Gasteiger partial charge in [0.25, 0.3) is 0 Å². The molecule has 0 aliphatic carbocycles. The Bertz CT molecular complexity index is 749. The minimum Gasteiger partial charge on any atom is -0.478 e. The quantitative estimate of drug-likeness (QED) is 0.825. The summed E-state index contributed by atoms with van der Waals surface area (Å²) in [7, 11) is 0. The van der Waals surface area contributed by atoms with Crippen molar-refractivity contribution < 1.29 is 23.8 Å². The van der Waals surface area contributed by atoms with E-state index in [2.05, 4.69) is 21.2 Å². The van der Waals surface area contributed by atoms with Crippen LogP contribution in [0.1, 0.15) is 21.5 Å². The molecule has 0 aliphatic rings. The molecule has 0 radical (unpaired) electrons. The number of ether oxygens (including phenoxy) is 1. The number of carbonyl (C=O) groups excluding carboxylic acids is 1. The van der Waals surface area contributed by atoms with Crippen molar-refractivity contribution in [2.75, 3.05) is 5.32 Å². The second kappa shape index (κ2) is 7.23. The molecule has 0 unspecified atom stereocenters. The summed E-state index contributed by atoms with van der Waals surface area (Å²) in [6.07, 6.45) is -0.879. The van der Waals surface area contributed by atoms with Gasteiger partial charge in [0, 0.05) is 0 Å². The molecule has 0 spiro atoms. The van der Waals surface area contributed by atoms with E-state index in [1.807, 2.05) is 6.07 Å². The molecule has 0 fully saturated rings. The lowest BCUT2D eigenvalue weighted by Gasteiger charge is -2.13. The molecule has 0 atom stereocenters. The third kappa shape index (κ3) is 4.07. The van der Waals surface area contributed by atoms with Crippen LogP contribution in [-0.2, 0) is 11.3 Å². The molecule has 2 N–H and O–H groups in total. The maximum Gasteiger partial charge on any atom is 0.412 e. The topological polar surface area (TPSA) is 75.6 Å². The van der Waals surface area contributed by atoms with E-state index in [4.69, 9.17) is 9.84 Å². The summed E-state index contributed by atoms with van der Waals surface area (Å²) in [6.45, 7) is 1.43. The van der Waals surface area contributed by atoms with Crippen LogP contribution >= 0.6 is 15.9 Å². The number of hydrogen-bond acceptors (Lipinski definition) is 3. The third-order valence-electron chi connectivity index (χ3n) is 3.05. The lowest BCUT2D eigenvalue weighted by Crippen LogP contribution is -2.16. The number of aromatic carboxylic acids is 1. The van der Waals surface area contributed by atoms with Crippen LogP contribution in [0.15, 0.2) is 40.9 Å².